The minimum absolute atomic E-state index is 0.0238. The lowest BCUT2D eigenvalue weighted by Crippen LogP contribution is -2.08. The number of fused-ring (bicyclic) bond motifs is 1. The van der Waals surface area contributed by atoms with Gasteiger partial charge >= 0.3 is 6.18 Å². The van der Waals surface area contributed by atoms with Crippen molar-refractivity contribution in [3.05, 3.63) is 76.1 Å². The molecule has 0 aliphatic rings. The molecule has 1 N–H and O–H groups in total. The van der Waals surface area contributed by atoms with E-state index < -0.39 is 11.7 Å². The molecule has 3 nitrogen and oxygen atoms in total. The predicted molar refractivity (Wildman–Crippen MR) is 106 cm³/mol. The van der Waals surface area contributed by atoms with Crippen LogP contribution in [0.25, 0.3) is 22.3 Å². The molecule has 2 aromatic carbocycles. The van der Waals surface area contributed by atoms with Crippen LogP contribution in [-0.2, 0) is 12.7 Å². The Kier molecular flexibility index (Phi) is 4.77. The van der Waals surface area contributed by atoms with Crippen LogP contribution < -0.4 is 5.32 Å². The van der Waals surface area contributed by atoms with E-state index in [1.807, 2.05) is 12.1 Å². The molecule has 0 aliphatic carbocycles. The lowest BCUT2D eigenvalue weighted by atomic mass is 10.1. The molecule has 7 heteroatoms. The normalized spacial score (nSPS) is 11.7. The SMILES string of the molecule is Cc1ccc(CNc2cccc3nc(-c4ccccc4C(F)(F)F)ncc23)s1. The summed E-state index contributed by atoms with van der Waals surface area (Å²) in [4.78, 5) is 11.1. The third kappa shape index (κ3) is 3.71. The maximum atomic E-state index is 13.3. The number of aryl methyl sites for hydroxylation is 1. The van der Waals surface area contributed by atoms with Crippen LogP contribution in [0.4, 0.5) is 18.9 Å². The Bertz CT molecular complexity index is 1140. The molecule has 0 atom stereocenters. The van der Waals surface area contributed by atoms with Gasteiger partial charge in [0.2, 0.25) is 0 Å². The minimum atomic E-state index is -4.46. The minimum Gasteiger partial charge on any atom is -0.380 e. The summed E-state index contributed by atoms with van der Waals surface area (Å²) in [7, 11) is 0. The lowest BCUT2D eigenvalue weighted by molar-refractivity contribution is -0.137. The molecule has 0 saturated heterocycles. The van der Waals surface area contributed by atoms with Gasteiger partial charge in [0, 0.05) is 39.1 Å². The van der Waals surface area contributed by atoms with Crippen molar-refractivity contribution in [2.45, 2.75) is 19.6 Å². The highest BCUT2D eigenvalue weighted by Crippen LogP contribution is 2.36. The fourth-order valence-corrected chi connectivity index (χ4v) is 3.86. The third-order valence-electron chi connectivity index (χ3n) is 4.35. The van der Waals surface area contributed by atoms with Gasteiger partial charge in [0.05, 0.1) is 11.1 Å². The molecule has 0 radical (unpaired) electrons. The molecule has 0 spiro atoms. The largest absolute Gasteiger partial charge is 0.417 e. The molecule has 28 heavy (non-hydrogen) atoms. The van der Waals surface area contributed by atoms with Gasteiger partial charge in [-0.3, -0.25) is 0 Å². The van der Waals surface area contributed by atoms with Crippen LogP contribution in [0, 0.1) is 6.92 Å². The summed E-state index contributed by atoms with van der Waals surface area (Å²) in [5.74, 6) is 0.0615. The highest BCUT2D eigenvalue weighted by atomic mass is 32.1. The van der Waals surface area contributed by atoms with Crippen molar-refractivity contribution < 1.29 is 13.2 Å². The highest BCUT2D eigenvalue weighted by Gasteiger charge is 2.34. The van der Waals surface area contributed by atoms with Gasteiger partial charge in [-0.05, 0) is 37.3 Å². The van der Waals surface area contributed by atoms with Gasteiger partial charge in [-0.25, -0.2) is 9.97 Å². The maximum Gasteiger partial charge on any atom is 0.417 e. The summed E-state index contributed by atoms with van der Waals surface area (Å²) in [6.45, 7) is 2.72. The van der Waals surface area contributed by atoms with Crippen LogP contribution in [0.2, 0.25) is 0 Å². The number of nitrogens with zero attached hydrogens (tertiary/aromatic N) is 2. The first-order valence-electron chi connectivity index (χ1n) is 8.63. The number of anilines is 1. The maximum absolute atomic E-state index is 13.3. The number of nitrogens with one attached hydrogen (secondary N) is 1. The third-order valence-corrected chi connectivity index (χ3v) is 5.35. The summed E-state index contributed by atoms with van der Waals surface area (Å²) in [6.07, 6.45) is -2.88. The Balaban J connectivity index is 1.70. The molecule has 2 aromatic heterocycles. The zero-order valence-corrected chi connectivity index (χ0v) is 15.7. The van der Waals surface area contributed by atoms with E-state index in [1.165, 1.54) is 21.9 Å². The van der Waals surface area contributed by atoms with Crippen LogP contribution >= 0.6 is 11.3 Å². The fraction of sp³-hybridized carbons (Fsp3) is 0.143. The summed E-state index contributed by atoms with van der Waals surface area (Å²) in [5, 5.41) is 4.13. The summed E-state index contributed by atoms with van der Waals surface area (Å²) in [6, 6.07) is 15.0. The van der Waals surface area contributed by atoms with Gasteiger partial charge in [0.15, 0.2) is 5.82 Å². The van der Waals surface area contributed by atoms with Crippen LogP contribution in [0.15, 0.2) is 60.8 Å². The quantitative estimate of drug-likeness (QED) is 0.438. The molecule has 0 fully saturated rings. The smallest absolute Gasteiger partial charge is 0.380 e. The number of thiophene rings is 1. The molecule has 0 unspecified atom stereocenters. The van der Waals surface area contributed by atoms with E-state index in [9.17, 15) is 13.2 Å². The number of rotatable bonds is 4. The van der Waals surface area contributed by atoms with E-state index in [2.05, 4.69) is 34.3 Å². The molecule has 4 rings (SSSR count). The average Bonchev–Trinajstić information content (AvgIpc) is 3.10. The first-order chi connectivity index (χ1) is 13.4. The van der Waals surface area contributed by atoms with E-state index in [-0.39, 0.29) is 11.4 Å². The molecule has 4 aromatic rings. The van der Waals surface area contributed by atoms with E-state index >= 15 is 0 Å². The van der Waals surface area contributed by atoms with Crippen molar-refractivity contribution in [2.75, 3.05) is 5.32 Å². The number of halogens is 3. The molecular weight excluding hydrogens is 383 g/mol. The summed E-state index contributed by atoms with van der Waals surface area (Å²) >= 11 is 1.72. The van der Waals surface area contributed by atoms with E-state index in [1.54, 1.807) is 29.7 Å². The second-order valence-electron chi connectivity index (χ2n) is 6.34. The predicted octanol–water partition coefficient (Wildman–Crippen LogP) is 6.30. The monoisotopic (exact) mass is 399 g/mol. The molecular formula is C21H16F3N3S. The lowest BCUT2D eigenvalue weighted by Gasteiger charge is -2.13. The van der Waals surface area contributed by atoms with Gasteiger partial charge in [-0.2, -0.15) is 13.2 Å². The van der Waals surface area contributed by atoms with E-state index in [4.69, 9.17) is 0 Å². The van der Waals surface area contributed by atoms with Gasteiger partial charge in [-0.1, -0.05) is 24.3 Å². The highest BCUT2D eigenvalue weighted by molar-refractivity contribution is 7.11. The molecule has 0 bridgehead atoms. The standard InChI is InChI=1S/C21H16F3N3S/c1-13-9-10-14(28-13)11-25-18-7-4-8-19-16(18)12-26-20(27-19)15-5-2-3-6-17(15)21(22,23)24/h2-10,12,25H,11H2,1H3. The van der Waals surface area contributed by atoms with Crippen molar-refractivity contribution >= 4 is 27.9 Å². The second kappa shape index (κ2) is 7.24. The Hall–Kier alpha value is -2.93. The number of benzene rings is 2. The topological polar surface area (TPSA) is 37.8 Å². The Morgan fingerprint density at radius 3 is 2.57 bits per heavy atom. The zero-order valence-electron chi connectivity index (χ0n) is 14.9. The van der Waals surface area contributed by atoms with Crippen LogP contribution in [-0.4, -0.2) is 9.97 Å². The second-order valence-corrected chi connectivity index (χ2v) is 7.71. The number of alkyl halides is 3. The average molecular weight is 399 g/mol. The molecule has 0 amide bonds. The number of hydrogen-bond acceptors (Lipinski definition) is 4. The van der Waals surface area contributed by atoms with Crippen molar-refractivity contribution in [3.8, 4) is 11.4 Å². The van der Waals surface area contributed by atoms with Crippen LogP contribution in [0.5, 0.6) is 0 Å². The Labute approximate surface area is 163 Å². The van der Waals surface area contributed by atoms with Gasteiger partial charge in [0.1, 0.15) is 0 Å². The van der Waals surface area contributed by atoms with Crippen molar-refractivity contribution in [2.24, 2.45) is 0 Å². The Morgan fingerprint density at radius 1 is 1.00 bits per heavy atom. The molecule has 2 heterocycles. The van der Waals surface area contributed by atoms with Gasteiger partial charge < -0.3 is 5.32 Å². The van der Waals surface area contributed by atoms with Crippen molar-refractivity contribution in [1.29, 1.82) is 0 Å². The van der Waals surface area contributed by atoms with Gasteiger partial charge in [0.25, 0.3) is 0 Å². The van der Waals surface area contributed by atoms with Crippen molar-refractivity contribution in [1.82, 2.24) is 9.97 Å². The van der Waals surface area contributed by atoms with Crippen molar-refractivity contribution in [3.63, 3.8) is 0 Å². The fourth-order valence-electron chi connectivity index (χ4n) is 3.03. The zero-order chi connectivity index (χ0) is 19.7. The number of hydrogen-bond donors (Lipinski definition) is 1. The molecule has 142 valence electrons. The van der Waals surface area contributed by atoms with E-state index in [0.29, 0.717) is 12.1 Å². The molecule has 0 saturated carbocycles. The van der Waals surface area contributed by atoms with Gasteiger partial charge in [-0.15, -0.1) is 11.3 Å². The van der Waals surface area contributed by atoms with Crippen LogP contribution in [0.1, 0.15) is 15.3 Å². The summed E-state index contributed by atoms with van der Waals surface area (Å²) < 4.78 is 39.9. The summed E-state index contributed by atoms with van der Waals surface area (Å²) in [5.41, 5.74) is 0.676. The Morgan fingerprint density at radius 2 is 1.82 bits per heavy atom. The number of aromatic nitrogens is 2. The molecule has 0 aliphatic heterocycles. The van der Waals surface area contributed by atoms with Crippen LogP contribution in [0.3, 0.4) is 0 Å². The van der Waals surface area contributed by atoms with E-state index in [0.717, 1.165) is 17.1 Å². The first-order valence-corrected chi connectivity index (χ1v) is 9.45. The first kappa shape index (κ1) is 18.4.